The molecule has 0 aromatic carbocycles. The second-order valence-electron chi connectivity index (χ2n) is 2.32. The minimum absolute atomic E-state index is 0.134. The van der Waals surface area contributed by atoms with E-state index in [4.69, 9.17) is 12.2 Å². The molecule has 0 atom stereocenters. The minimum Gasteiger partial charge on any atom is -0.369 e. The number of pyridine rings is 1. The van der Waals surface area contributed by atoms with E-state index in [0.717, 1.165) is 0 Å². The SMILES string of the molecule is C#Cc1ccnc(CC(N)=O)c1. The number of nitrogens with zero attached hydrogens (tertiary/aromatic N) is 1. The molecule has 12 heavy (non-hydrogen) atoms. The molecule has 1 aromatic rings. The second kappa shape index (κ2) is 3.54. The Labute approximate surface area is 70.6 Å². The third-order valence-electron chi connectivity index (χ3n) is 1.34. The van der Waals surface area contributed by atoms with Gasteiger partial charge in [0.2, 0.25) is 5.91 Å². The first-order valence-corrected chi connectivity index (χ1v) is 3.42. The molecule has 1 amide bonds. The highest BCUT2D eigenvalue weighted by molar-refractivity contribution is 5.76. The van der Waals surface area contributed by atoms with E-state index in [2.05, 4.69) is 10.9 Å². The molecule has 0 bridgehead atoms. The van der Waals surface area contributed by atoms with E-state index in [1.165, 1.54) is 0 Å². The van der Waals surface area contributed by atoms with E-state index in [0.29, 0.717) is 11.3 Å². The quantitative estimate of drug-likeness (QED) is 0.623. The summed E-state index contributed by atoms with van der Waals surface area (Å²) in [5.74, 6) is 2.04. The highest BCUT2D eigenvalue weighted by Crippen LogP contribution is 2.00. The van der Waals surface area contributed by atoms with Crippen molar-refractivity contribution in [1.29, 1.82) is 0 Å². The standard InChI is InChI=1S/C9H8N2O/c1-2-7-3-4-11-8(5-7)6-9(10)12/h1,3-5H,6H2,(H2,10,12). The van der Waals surface area contributed by atoms with Crippen molar-refractivity contribution in [2.45, 2.75) is 6.42 Å². The van der Waals surface area contributed by atoms with Crippen molar-refractivity contribution in [1.82, 2.24) is 4.98 Å². The van der Waals surface area contributed by atoms with E-state index in [1.807, 2.05) is 0 Å². The Hall–Kier alpha value is -1.82. The number of hydrogen-bond acceptors (Lipinski definition) is 2. The summed E-state index contributed by atoms with van der Waals surface area (Å²) in [6.45, 7) is 0. The van der Waals surface area contributed by atoms with Crippen molar-refractivity contribution in [2.24, 2.45) is 5.73 Å². The summed E-state index contributed by atoms with van der Waals surface area (Å²) in [6.07, 6.45) is 6.85. The minimum atomic E-state index is -0.406. The fourth-order valence-corrected chi connectivity index (χ4v) is 0.843. The molecule has 0 radical (unpaired) electrons. The van der Waals surface area contributed by atoms with Crippen LogP contribution in [0.15, 0.2) is 18.3 Å². The van der Waals surface area contributed by atoms with Gasteiger partial charge in [-0.15, -0.1) is 6.42 Å². The number of nitrogens with two attached hydrogens (primary N) is 1. The molecule has 3 nitrogen and oxygen atoms in total. The normalized spacial score (nSPS) is 8.92. The molecule has 2 N–H and O–H groups in total. The van der Waals surface area contributed by atoms with E-state index in [1.54, 1.807) is 18.3 Å². The molecule has 1 aromatic heterocycles. The fourth-order valence-electron chi connectivity index (χ4n) is 0.843. The lowest BCUT2D eigenvalue weighted by Crippen LogP contribution is -2.14. The van der Waals surface area contributed by atoms with Gasteiger partial charge in [-0.1, -0.05) is 5.92 Å². The van der Waals surface area contributed by atoms with Gasteiger partial charge in [0.05, 0.1) is 12.1 Å². The average molecular weight is 160 g/mol. The van der Waals surface area contributed by atoms with Gasteiger partial charge in [-0.05, 0) is 12.1 Å². The molecule has 0 aliphatic rings. The Morgan fingerprint density at radius 2 is 2.50 bits per heavy atom. The molecule has 3 heteroatoms. The van der Waals surface area contributed by atoms with Crippen LogP contribution in [-0.4, -0.2) is 10.9 Å². The van der Waals surface area contributed by atoms with Gasteiger partial charge in [0.1, 0.15) is 0 Å². The summed E-state index contributed by atoms with van der Waals surface area (Å²) in [6, 6.07) is 3.37. The van der Waals surface area contributed by atoms with Crippen LogP contribution in [0.1, 0.15) is 11.3 Å². The monoisotopic (exact) mass is 160 g/mol. The number of primary amides is 1. The predicted molar refractivity (Wildman–Crippen MR) is 45.1 cm³/mol. The van der Waals surface area contributed by atoms with Crippen molar-refractivity contribution in [3.8, 4) is 12.3 Å². The molecule has 60 valence electrons. The van der Waals surface area contributed by atoms with Crippen LogP contribution in [-0.2, 0) is 11.2 Å². The van der Waals surface area contributed by atoms with Crippen LogP contribution in [0.4, 0.5) is 0 Å². The van der Waals surface area contributed by atoms with Crippen LogP contribution < -0.4 is 5.73 Å². The Kier molecular flexibility index (Phi) is 2.44. The molecule has 0 aliphatic carbocycles. The van der Waals surface area contributed by atoms with E-state index in [9.17, 15) is 4.79 Å². The Morgan fingerprint density at radius 3 is 3.08 bits per heavy atom. The molecule has 0 fully saturated rings. The van der Waals surface area contributed by atoms with Crippen molar-refractivity contribution in [3.05, 3.63) is 29.6 Å². The maximum absolute atomic E-state index is 10.5. The summed E-state index contributed by atoms with van der Waals surface area (Å²) in [5.41, 5.74) is 6.30. The van der Waals surface area contributed by atoms with Gasteiger partial charge in [-0.2, -0.15) is 0 Å². The highest BCUT2D eigenvalue weighted by atomic mass is 16.1. The molecule has 1 rings (SSSR count). The van der Waals surface area contributed by atoms with Gasteiger partial charge >= 0.3 is 0 Å². The van der Waals surface area contributed by atoms with Crippen LogP contribution in [0.5, 0.6) is 0 Å². The number of aromatic nitrogens is 1. The first-order valence-electron chi connectivity index (χ1n) is 3.42. The third-order valence-corrected chi connectivity index (χ3v) is 1.34. The zero-order valence-electron chi connectivity index (χ0n) is 6.45. The van der Waals surface area contributed by atoms with Gasteiger partial charge in [-0.3, -0.25) is 9.78 Å². The molecule has 0 spiro atoms. The number of hydrogen-bond donors (Lipinski definition) is 1. The first kappa shape index (κ1) is 8.28. The summed E-state index contributed by atoms with van der Waals surface area (Å²) in [5, 5.41) is 0. The Balaban J connectivity index is 2.88. The van der Waals surface area contributed by atoms with Gasteiger partial charge in [-0.25, -0.2) is 0 Å². The summed E-state index contributed by atoms with van der Waals surface area (Å²) in [4.78, 5) is 14.4. The summed E-state index contributed by atoms with van der Waals surface area (Å²) >= 11 is 0. The van der Waals surface area contributed by atoms with Gasteiger partial charge in [0.15, 0.2) is 0 Å². The van der Waals surface area contributed by atoms with E-state index in [-0.39, 0.29) is 6.42 Å². The lowest BCUT2D eigenvalue weighted by Gasteiger charge is -1.96. The highest BCUT2D eigenvalue weighted by Gasteiger charge is 1.99. The van der Waals surface area contributed by atoms with E-state index >= 15 is 0 Å². The van der Waals surface area contributed by atoms with Crippen LogP contribution in [0.3, 0.4) is 0 Å². The molecule has 0 saturated heterocycles. The number of rotatable bonds is 2. The van der Waals surface area contributed by atoms with Gasteiger partial charge in [0.25, 0.3) is 0 Å². The summed E-state index contributed by atoms with van der Waals surface area (Å²) < 4.78 is 0. The van der Waals surface area contributed by atoms with Crippen molar-refractivity contribution in [2.75, 3.05) is 0 Å². The average Bonchev–Trinajstić information content (AvgIpc) is 2.03. The number of carbonyl (C=O) groups excluding carboxylic acids is 1. The zero-order valence-corrected chi connectivity index (χ0v) is 6.45. The van der Waals surface area contributed by atoms with Crippen LogP contribution in [0, 0.1) is 12.3 Å². The largest absolute Gasteiger partial charge is 0.369 e. The third kappa shape index (κ3) is 2.10. The second-order valence-corrected chi connectivity index (χ2v) is 2.32. The van der Waals surface area contributed by atoms with Crippen LogP contribution in [0.25, 0.3) is 0 Å². The fraction of sp³-hybridized carbons (Fsp3) is 0.111. The number of terminal acetylenes is 1. The maximum atomic E-state index is 10.5. The molecule has 0 aliphatic heterocycles. The number of amides is 1. The maximum Gasteiger partial charge on any atom is 0.223 e. The Morgan fingerprint density at radius 1 is 1.75 bits per heavy atom. The Bertz CT molecular complexity index is 339. The van der Waals surface area contributed by atoms with Crippen LogP contribution in [0.2, 0.25) is 0 Å². The lowest BCUT2D eigenvalue weighted by atomic mass is 10.2. The van der Waals surface area contributed by atoms with Crippen molar-refractivity contribution >= 4 is 5.91 Å². The predicted octanol–water partition coefficient (Wildman–Crippen LogP) is 0.0907. The van der Waals surface area contributed by atoms with Gasteiger partial charge in [0, 0.05) is 11.8 Å². The smallest absolute Gasteiger partial charge is 0.223 e. The topological polar surface area (TPSA) is 56.0 Å². The first-order chi connectivity index (χ1) is 5.72. The van der Waals surface area contributed by atoms with Gasteiger partial charge < -0.3 is 5.73 Å². The molecule has 0 unspecified atom stereocenters. The lowest BCUT2D eigenvalue weighted by molar-refractivity contribution is -0.117. The molecular formula is C9H8N2O. The van der Waals surface area contributed by atoms with Crippen LogP contribution >= 0.6 is 0 Å². The molecule has 0 saturated carbocycles. The molecular weight excluding hydrogens is 152 g/mol. The van der Waals surface area contributed by atoms with E-state index < -0.39 is 5.91 Å². The number of carbonyl (C=O) groups is 1. The molecule has 1 heterocycles. The van der Waals surface area contributed by atoms with Crippen molar-refractivity contribution in [3.63, 3.8) is 0 Å². The zero-order chi connectivity index (χ0) is 8.97. The van der Waals surface area contributed by atoms with Crippen molar-refractivity contribution < 1.29 is 4.79 Å². The summed E-state index contributed by atoms with van der Waals surface area (Å²) in [7, 11) is 0.